The summed E-state index contributed by atoms with van der Waals surface area (Å²) < 4.78 is 79.3. The molecule has 3 rings (SSSR count). The molecule has 6 atom stereocenters. The molecule has 0 aromatic heterocycles. The minimum Gasteiger partial charge on any atom is -0.393 e. The summed E-state index contributed by atoms with van der Waals surface area (Å²) in [5.74, 6) is 3.04. The predicted molar refractivity (Wildman–Crippen MR) is 148 cm³/mol. The molecule has 0 bridgehead atoms. The molecule has 238 valence electrons. The van der Waals surface area contributed by atoms with Crippen LogP contribution in [0.2, 0.25) is 0 Å². The van der Waals surface area contributed by atoms with E-state index in [9.17, 15) is 46.8 Å². The zero-order valence-corrected chi connectivity index (χ0v) is 24.6. The average Bonchev–Trinajstić information content (AvgIpc) is 3.19. The second-order valence-electron chi connectivity index (χ2n) is 13.3. The van der Waals surface area contributed by atoms with Gasteiger partial charge in [-0.15, -0.1) is 0 Å². The molecule has 3 fully saturated rings. The Morgan fingerprint density at radius 3 is 2.29 bits per heavy atom. The van der Waals surface area contributed by atoms with Gasteiger partial charge in [0.2, 0.25) is 0 Å². The highest BCUT2D eigenvalue weighted by atomic mass is 19.4. The van der Waals surface area contributed by atoms with Crippen LogP contribution in [0.3, 0.4) is 0 Å². The van der Waals surface area contributed by atoms with Crippen LogP contribution in [0.15, 0.2) is 35.5 Å². The van der Waals surface area contributed by atoms with Crippen LogP contribution in [0, 0.1) is 35.0 Å². The topological polar surface area (TPSA) is 80.9 Å². The maximum Gasteiger partial charge on any atom is 0.438 e. The predicted octanol–water partition coefficient (Wildman–Crippen LogP) is 6.93. The SMILES string of the molecule is C=C1/C(=C\C=C2/CCC[C@@]3(C)C2CCC3[C@H](CC#CC(O)(C(F)(F)F)C(F)(F)F)CCCC(C)(C)O)C[C@@H](O)C[C@@H]1O. The highest BCUT2D eigenvalue weighted by Gasteiger charge is 2.70. The lowest BCUT2D eigenvalue weighted by Gasteiger charge is -2.45. The highest BCUT2D eigenvalue weighted by molar-refractivity contribution is 5.38. The number of hydrogen-bond donors (Lipinski definition) is 4. The van der Waals surface area contributed by atoms with E-state index in [1.165, 1.54) is 5.57 Å². The Labute approximate surface area is 244 Å². The number of allylic oxidation sites excluding steroid dienone is 3. The average molecular weight is 607 g/mol. The Bertz CT molecular complexity index is 1090. The first-order chi connectivity index (χ1) is 19.2. The quantitative estimate of drug-likeness (QED) is 0.187. The van der Waals surface area contributed by atoms with E-state index in [-0.39, 0.29) is 36.0 Å². The summed E-state index contributed by atoms with van der Waals surface area (Å²) in [5.41, 5.74) is -3.75. The van der Waals surface area contributed by atoms with Gasteiger partial charge in [-0.1, -0.05) is 43.6 Å². The lowest BCUT2D eigenvalue weighted by molar-refractivity contribution is -0.343. The molecule has 0 heterocycles. The van der Waals surface area contributed by atoms with Gasteiger partial charge in [-0.2, -0.15) is 26.3 Å². The van der Waals surface area contributed by atoms with Crippen molar-refractivity contribution in [1.29, 1.82) is 0 Å². The normalized spacial score (nSPS) is 32.1. The van der Waals surface area contributed by atoms with Gasteiger partial charge >= 0.3 is 18.0 Å². The third-order valence-corrected chi connectivity index (χ3v) is 9.69. The molecule has 42 heavy (non-hydrogen) atoms. The van der Waals surface area contributed by atoms with E-state index in [4.69, 9.17) is 0 Å². The third-order valence-electron chi connectivity index (χ3n) is 9.69. The maximum atomic E-state index is 13.2. The minimum atomic E-state index is -5.99. The van der Waals surface area contributed by atoms with Crippen molar-refractivity contribution in [2.75, 3.05) is 0 Å². The van der Waals surface area contributed by atoms with Gasteiger partial charge in [0.05, 0.1) is 17.8 Å². The lowest BCUT2D eigenvalue weighted by atomic mass is 9.60. The van der Waals surface area contributed by atoms with Crippen molar-refractivity contribution in [2.24, 2.45) is 23.2 Å². The van der Waals surface area contributed by atoms with Crippen LogP contribution in [-0.4, -0.2) is 56.2 Å². The van der Waals surface area contributed by atoms with E-state index in [0.717, 1.165) is 43.6 Å². The largest absolute Gasteiger partial charge is 0.438 e. The summed E-state index contributed by atoms with van der Waals surface area (Å²) in [6.45, 7) is 9.40. The van der Waals surface area contributed by atoms with Gasteiger partial charge in [0.15, 0.2) is 0 Å². The van der Waals surface area contributed by atoms with Gasteiger partial charge < -0.3 is 20.4 Å². The van der Waals surface area contributed by atoms with Crippen LogP contribution in [-0.2, 0) is 0 Å². The van der Waals surface area contributed by atoms with Crippen molar-refractivity contribution in [1.82, 2.24) is 0 Å². The van der Waals surface area contributed by atoms with Crippen molar-refractivity contribution in [3.63, 3.8) is 0 Å². The van der Waals surface area contributed by atoms with Crippen LogP contribution in [0.1, 0.15) is 91.4 Å². The molecule has 3 aliphatic carbocycles. The van der Waals surface area contributed by atoms with E-state index >= 15 is 0 Å². The number of halogens is 6. The molecule has 2 unspecified atom stereocenters. The summed E-state index contributed by atoms with van der Waals surface area (Å²) in [7, 11) is 0. The van der Waals surface area contributed by atoms with Gasteiger partial charge in [0.1, 0.15) is 0 Å². The molecule has 0 spiro atoms. The molecular formula is C32H44F6O4. The molecule has 0 aliphatic heterocycles. The Kier molecular flexibility index (Phi) is 10.5. The third kappa shape index (κ3) is 7.64. The summed E-state index contributed by atoms with van der Waals surface area (Å²) in [6.07, 6.45) is -3.56. The molecule has 3 saturated carbocycles. The highest BCUT2D eigenvalue weighted by Crippen LogP contribution is 2.60. The number of alkyl halides is 6. The molecule has 3 aliphatic rings. The second-order valence-corrected chi connectivity index (χ2v) is 13.3. The fraction of sp³-hybridized carbons (Fsp3) is 0.750. The van der Waals surface area contributed by atoms with Gasteiger partial charge in [-0.05, 0) is 105 Å². The van der Waals surface area contributed by atoms with Crippen molar-refractivity contribution in [3.8, 4) is 11.8 Å². The van der Waals surface area contributed by atoms with Crippen molar-refractivity contribution in [3.05, 3.63) is 35.5 Å². The van der Waals surface area contributed by atoms with Crippen LogP contribution in [0.25, 0.3) is 0 Å². The Morgan fingerprint density at radius 2 is 1.69 bits per heavy atom. The van der Waals surface area contributed by atoms with Gasteiger partial charge in [-0.3, -0.25) is 0 Å². The zero-order chi connectivity index (χ0) is 31.7. The molecule has 0 amide bonds. The van der Waals surface area contributed by atoms with Gasteiger partial charge in [0.25, 0.3) is 0 Å². The molecule has 0 aromatic rings. The second kappa shape index (κ2) is 12.7. The number of fused-ring (bicyclic) bond motifs is 1. The molecule has 0 radical (unpaired) electrons. The molecular weight excluding hydrogens is 562 g/mol. The first kappa shape index (κ1) is 34.7. The monoisotopic (exact) mass is 606 g/mol. The van der Waals surface area contributed by atoms with Crippen LogP contribution in [0.4, 0.5) is 26.3 Å². The Morgan fingerprint density at radius 1 is 1.05 bits per heavy atom. The van der Waals surface area contributed by atoms with Gasteiger partial charge in [0, 0.05) is 12.8 Å². The number of hydrogen-bond acceptors (Lipinski definition) is 4. The van der Waals surface area contributed by atoms with E-state index in [1.807, 2.05) is 12.2 Å². The molecule has 4 N–H and O–H groups in total. The molecule has 0 saturated heterocycles. The van der Waals surface area contributed by atoms with Crippen LogP contribution >= 0.6 is 0 Å². The van der Waals surface area contributed by atoms with Crippen LogP contribution in [0.5, 0.6) is 0 Å². The smallest absolute Gasteiger partial charge is 0.393 e. The van der Waals surface area contributed by atoms with Crippen molar-refractivity contribution >= 4 is 0 Å². The Balaban J connectivity index is 1.89. The van der Waals surface area contributed by atoms with E-state index in [2.05, 4.69) is 19.4 Å². The summed E-state index contributed by atoms with van der Waals surface area (Å²) in [6, 6.07) is 0. The fourth-order valence-corrected chi connectivity index (χ4v) is 7.37. The van der Waals surface area contributed by atoms with E-state index in [1.54, 1.807) is 13.8 Å². The fourth-order valence-electron chi connectivity index (χ4n) is 7.37. The summed E-state index contributed by atoms with van der Waals surface area (Å²) in [4.78, 5) is 0. The van der Waals surface area contributed by atoms with Crippen LogP contribution < -0.4 is 0 Å². The van der Waals surface area contributed by atoms with Gasteiger partial charge in [-0.25, -0.2) is 0 Å². The molecule has 10 heteroatoms. The minimum absolute atomic E-state index is 0.0203. The molecule has 4 nitrogen and oxygen atoms in total. The lowest BCUT2D eigenvalue weighted by Crippen LogP contribution is -2.55. The van der Waals surface area contributed by atoms with Crippen molar-refractivity contribution < 1.29 is 46.8 Å². The zero-order valence-electron chi connectivity index (χ0n) is 24.6. The first-order valence-electron chi connectivity index (χ1n) is 14.7. The summed E-state index contributed by atoms with van der Waals surface area (Å²) in [5, 5.41) is 40.0. The number of aliphatic hydroxyl groups is 4. The Hall–Kier alpha value is -1.80. The maximum absolute atomic E-state index is 13.2. The standard InChI is InChI=1S/C32H44F6O4/c1-20-23(18-24(39)19-27(20)40)12-11-22-9-6-16-29(4)25(13-14-26(22)29)21(8-5-15-28(2,3)41)10-7-17-30(42,31(33,34)35)32(36,37)38/h11-12,21,24-27,39-42H,1,5-6,8-10,13-16,18-19H2,2-4H3/b22-11+,23-12-/t21-,24+,25?,26?,27-,29+/m0/s1. The number of aliphatic hydroxyl groups excluding tert-OH is 2. The first-order valence-corrected chi connectivity index (χ1v) is 14.7. The summed E-state index contributed by atoms with van der Waals surface area (Å²) >= 11 is 0. The number of rotatable bonds is 7. The van der Waals surface area contributed by atoms with Crippen molar-refractivity contribution in [2.45, 2.75) is 127 Å². The van der Waals surface area contributed by atoms with E-state index < -0.39 is 35.8 Å². The van der Waals surface area contributed by atoms with E-state index in [0.29, 0.717) is 31.3 Å². The molecule has 0 aromatic carbocycles.